The van der Waals surface area contributed by atoms with Crippen LogP contribution in [0.25, 0.3) is 0 Å². The predicted molar refractivity (Wildman–Crippen MR) is 153 cm³/mol. The van der Waals surface area contributed by atoms with Crippen LogP contribution in [0.3, 0.4) is 0 Å². The van der Waals surface area contributed by atoms with Gasteiger partial charge >= 0.3 is 18.4 Å². The normalized spacial score (nSPS) is 21.0. The second kappa shape index (κ2) is 15.5. The zero-order valence-corrected chi connectivity index (χ0v) is 25.6. The van der Waals surface area contributed by atoms with Gasteiger partial charge in [0.15, 0.2) is 0 Å². The summed E-state index contributed by atoms with van der Waals surface area (Å²) >= 11 is 0. The Hall–Kier alpha value is -3.07. The number of piperazine rings is 1. The van der Waals surface area contributed by atoms with E-state index >= 15 is 0 Å². The number of hydrogen-bond acceptors (Lipinski definition) is 6. The predicted octanol–water partition coefficient (Wildman–Crippen LogP) is 5.10. The SMILES string of the molecule is CC(C)CCN1CC2N(C(=O)OCc3cc(C(F)(F)F)cc(C(F)(F)F)c3)C(CCCCN)CC(=O)N2[C@@H](CCCCN)C1=O. The number of carbonyl (C=O) groups excluding carboxylic acids is 3. The number of alkyl halides is 6. The first-order chi connectivity index (χ1) is 21.1. The summed E-state index contributed by atoms with van der Waals surface area (Å²) in [6, 6.07) is -0.507. The Morgan fingerprint density at radius 1 is 0.933 bits per heavy atom. The zero-order valence-electron chi connectivity index (χ0n) is 25.6. The number of halogens is 6. The van der Waals surface area contributed by atoms with Crippen LogP contribution in [0.5, 0.6) is 0 Å². The van der Waals surface area contributed by atoms with E-state index in [9.17, 15) is 40.7 Å². The van der Waals surface area contributed by atoms with Crippen molar-refractivity contribution in [2.45, 2.75) is 102 Å². The molecule has 0 bridgehead atoms. The van der Waals surface area contributed by atoms with Gasteiger partial charge in [-0.3, -0.25) is 14.5 Å². The molecule has 0 radical (unpaired) electrons. The van der Waals surface area contributed by atoms with Crippen molar-refractivity contribution < 1.29 is 45.5 Å². The monoisotopic (exact) mass is 651 g/mol. The Morgan fingerprint density at radius 3 is 2.04 bits per heavy atom. The van der Waals surface area contributed by atoms with Crippen molar-refractivity contribution in [1.29, 1.82) is 0 Å². The van der Waals surface area contributed by atoms with Gasteiger partial charge in [0.25, 0.3) is 0 Å². The number of hydrogen-bond donors (Lipinski definition) is 2. The molecule has 0 aromatic heterocycles. The molecule has 2 aliphatic heterocycles. The van der Waals surface area contributed by atoms with Crippen LogP contribution in [0.1, 0.15) is 81.9 Å². The van der Waals surface area contributed by atoms with Crippen LogP contribution in [0.4, 0.5) is 31.1 Å². The summed E-state index contributed by atoms with van der Waals surface area (Å²) in [4.78, 5) is 45.3. The number of rotatable bonds is 13. The average Bonchev–Trinajstić information content (AvgIpc) is 2.95. The van der Waals surface area contributed by atoms with Crippen LogP contribution in [0.15, 0.2) is 18.2 Å². The molecule has 2 heterocycles. The number of fused-ring (bicyclic) bond motifs is 1. The zero-order chi connectivity index (χ0) is 33.5. The minimum absolute atomic E-state index is 0.00249. The van der Waals surface area contributed by atoms with Gasteiger partial charge in [-0.1, -0.05) is 20.3 Å². The highest BCUT2D eigenvalue weighted by Crippen LogP contribution is 2.37. The molecule has 0 spiro atoms. The molecular weight excluding hydrogens is 608 g/mol. The Kier molecular flexibility index (Phi) is 12.5. The van der Waals surface area contributed by atoms with Crippen LogP contribution < -0.4 is 11.5 Å². The summed E-state index contributed by atoms with van der Waals surface area (Å²) in [7, 11) is 0. The molecule has 1 aromatic rings. The fourth-order valence-electron chi connectivity index (χ4n) is 5.84. The van der Waals surface area contributed by atoms with Gasteiger partial charge in [-0.2, -0.15) is 26.3 Å². The number of amides is 3. The lowest BCUT2D eigenvalue weighted by Crippen LogP contribution is -2.73. The van der Waals surface area contributed by atoms with Gasteiger partial charge in [0.1, 0.15) is 18.8 Å². The van der Waals surface area contributed by atoms with Crippen LogP contribution in [-0.4, -0.2) is 77.0 Å². The summed E-state index contributed by atoms with van der Waals surface area (Å²) in [6.07, 6.45) is -8.48. The molecule has 2 aliphatic rings. The van der Waals surface area contributed by atoms with Crippen LogP contribution >= 0.6 is 0 Å². The smallest absolute Gasteiger partial charge is 0.416 e. The van der Waals surface area contributed by atoms with E-state index in [4.69, 9.17) is 16.2 Å². The lowest BCUT2D eigenvalue weighted by molar-refractivity contribution is -0.172. The molecule has 45 heavy (non-hydrogen) atoms. The van der Waals surface area contributed by atoms with Crippen molar-refractivity contribution in [1.82, 2.24) is 14.7 Å². The first-order valence-electron chi connectivity index (χ1n) is 15.3. The van der Waals surface area contributed by atoms with E-state index in [0.29, 0.717) is 76.7 Å². The van der Waals surface area contributed by atoms with Crippen LogP contribution in [-0.2, 0) is 33.3 Å². The fraction of sp³-hybridized carbons (Fsp3) is 0.700. The quantitative estimate of drug-likeness (QED) is 0.226. The second-order valence-corrected chi connectivity index (χ2v) is 12.1. The van der Waals surface area contributed by atoms with Gasteiger partial charge in [0.2, 0.25) is 11.8 Å². The third-order valence-corrected chi connectivity index (χ3v) is 8.17. The van der Waals surface area contributed by atoms with Gasteiger partial charge in [-0.25, -0.2) is 4.79 Å². The van der Waals surface area contributed by atoms with Gasteiger partial charge in [0.05, 0.1) is 17.7 Å². The van der Waals surface area contributed by atoms with E-state index in [0.717, 1.165) is 0 Å². The lowest BCUT2D eigenvalue weighted by Gasteiger charge is -2.54. The van der Waals surface area contributed by atoms with Crippen molar-refractivity contribution in [3.05, 3.63) is 34.9 Å². The minimum Gasteiger partial charge on any atom is -0.444 e. The summed E-state index contributed by atoms with van der Waals surface area (Å²) in [5, 5.41) is 0. The summed E-state index contributed by atoms with van der Waals surface area (Å²) in [6.45, 7) is 4.27. The number of ether oxygens (including phenoxy) is 1. The van der Waals surface area contributed by atoms with Crippen molar-refractivity contribution in [2.24, 2.45) is 17.4 Å². The standard InChI is InChI=1S/C30H43F6N5O4/c1-19(2)9-12-39-17-25-40(28(44)45-18-20-13-21(29(31,32)33)15-22(14-20)30(34,35)36)23(7-3-5-10-37)16-26(42)41(25)24(27(39)43)8-4-6-11-38/h13-15,19,23-25H,3-12,16-18,37-38H2,1-2H3/t23?,24-,25?/m0/s1. The third-order valence-electron chi connectivity index (χ3n) is 8.17. The molecule has 3 rings (SSSR count). The van der Waals surface area contributed by atoms with E-state index < -0.39 is 60.0 Å². The molecule has 2 fully saturated rings. The molecule has 0 aliphatic carbocycles. The highest BCUT2D eigenvalue weighted by atomic mass is 19.4. The van der Waals surface area contributed by atoms with Crippen LogP contribution in [0.2, 0.25) is 0 Å². The Labute approximate surface area is 259 Å². The molecule has 1 aromatic carbocycles. The van der Waals surface area contributed by atoms with Gasteiger partial charge in [-0.05, 0) is 81.3 Å². The number of nitrogens with zero attached hydrogens (tertiary/aromatic N) is 3. The summed E-state index contributed by atoms with van der Waals surface area (Å²) < 4.78 is 85.8. The van der Waals surface area contributed by atoms with E-state index in [1.165, 1.54) is 9.80 Å². The Morgan fingerprint density at radius 2 is 1.51 bits per heavy atom. The first kappa shape index (κ1) is 36.4. The first-order valence-corrected chi connectivity index (χ1v) is 15.3. The van der Waals surface area contributed by atoms with E-state index in [1.54, 1.807) is 4.90 Å². The summed E-state index contributed by atoms with van der Waals surface area (Å²) in [5.41, 5.74) is 7.76. The molecule has 15 heteroatoms. The maximum Gasteiger partial charge on any atom is 0.416 e. The molecule has 4 N–H and O–H groups in total. The number of carbonyl (C=O) groups is 3. The minimum atomic E-state index is -5.06. The number of unbranched alkanes of at least 4 members (excludes halogenated alkanes) is 2. The molecule has 3 atom stereocenters. The molecule has 2 saturated heterocycles. The maximum absolute atomic E-state index is 13.7. The molecular formula is C30H43F6N5O4. The van der Waals surface area contributed by atoms with Crippen molar-refractivity contribution >= 4 is 17.9 Å². The highest BCUT2D eigenvalue weighted by Gasteiger charge is 2.51. The fourth-order valence-corrected chi connectivity index (χ4v) is 5.84. The van der Waals surface area contributed by atoms with Gasteiger partial charge < -0.3 is 26.0 Å². The van der Waals surface area contributed by atoms with E-state index in [-0.39, 0.29) is 36.8 Å². The Bertz CT molecular complexity index is 1150. The van der Waals surface area contributed by atoms with Crippen molar-refractivity contribution in [2.75, 3.05) is 26.2 Å². The summed E-state index contributed by atoms with van der Waals surface area (Å²) in [5.74, 6) is -0.293. The molecule has 9 nitrogen and oxygen atoms in total. The highest BCUT2D eigenvalue weighted by molar-refractivity contribution is 5.91. The Balaban J connectivity index is 1.96. The average molecular weight is 652 g/mol. The van der Waals surface area contributed by atoms with E-state index in [1.807, 2.05) is 13.8 Å². The topological polar surface area (TPSA) is 122 Å². The van der Waals surface area contributed by atoms with Gasteiger partial charge in [0, 0.05) is 19.0 Å². The van der Waals surface area contributed by atoms with Crippen LogP contribution in [0, 0.1) is 5.92 Å². The molecule has 2 unspecified atom stereocenters. The number of nitrogens with two attached hydrogens (primary N) is 2. The number of benzene rings is 1. The van der Waals surface area contributed by atoms with Crippen molar-refractivity contribution in [3.8, 4) is 0 Å². The van der Waals surface area contributed by atoms with E-state index in [2.05, 4.69) is 0 Å². The molecule has 254 valence electrons. The van der Waals surface area contributed by atoms with Gasteiger partial charge in [-0.15, -0.1) is 0 Å². The lowest BCUT2D eigenvalue weighted by atomic mass is 9.94. The maximum atomic E-state index is 13.7. The second-order valence-electron chi connectivity index (χ2n) is 12.1. The largest absolute Gasteiger partial charge is 0.444 e. The molecule has 0 saturated carbocycles. The van der Waals surface area contributed by atoms with Crippen molar-refractivity contribution in [3.63, 3.8) is 0 Å². The third kappa shape index (κ3) is 9.47. The molecule has 3 amide bonds.